The van der Waals surface area contributed by atoms with Crippen LogP contribution in [0.15, 0.2) is 133 Å². The fourth-order valence-electron chi connectivity index (χ4n) is 11.5. The minimum Gasteiger partial charge on any atom is -0.308 e. The zero-order valence-electron chi connectivity index (χ0n) is 41.0. The monoisotopic (exact) mass is 886 g/mol. The van der Waals surface area contributed by atoms with Crippen LogP contribution in [0, 0.1) is 0 Å². The standard InChI is InChI=1S/C64H58N2S/c1-61(2,3)39-24-37(25-40(30-39)62(4,5)6)35-20-22-43-44-17-15-18-45-48-32-54-49(33-53(48)65(59(44)45)51(43)28-35)50-34-56-57(47-16-13-14-19-55(47)67-56)58-46-23-21-36(29-52(46)66(54)60(50)58)38-26-41(63(7,8)9)31-42(27-38)64(10,11)12/h13-34H,1-12H3. The van der Waals surface area contributed by atoms with Gasteiger partial charge in [-0.25, -0.2) is 0 Å². The number of hydrogen-bond acceptors (Lipinski definition) is 1. The molecule has 0 saturated heterocycles. The lowest BCUT2D eigenvalue weighted by Gasteiger charge is -2.26. The number of aromatic nitrogens is 2. The molecular weight excluding hydrogens is 829 g/mol. The third-order valence-corrected chi connectivity index (χ3v) is 16.5. The van der Waals surface area contributed by atoms with Crippen LogP contribution < -0.4 is 0 Å². The third-order valence-electron chi connectivity index (χ3n) is 15.3. The molecular formula is C64H58N2S. The smallest absolute Gasteiger partial charge is 0.0627 e. The Kier molecular flexibility index (Phi) is 8.03. The molecule has 67 heavy (non-hydrogen) atoms. The zero-order valence-corrected chi connectivity index (χ0v) is 41.8. The summed E-state index contributed by atoms with van der Waals surface area (Å²) < 4.78 is 7.90. The van der Waals surface area contributed by atoms with Crippen molar-refractivity contribution in [3.05, 3.63) is 156 Å². The second-order valence-corrected chi connectivity index (χ2v) is 25.0. The SMILES string of the molecule is CC(C)(C)c1cc(-c2ccc3c4cccc5c6cc7c(cc6n(c3c2)c45)c2cc3sc4ccccc4c3c3c4ccc(-c5cc(C(C)(C)C)cc(C(C)(C)C)c5)cc4n7c23)cc(C(C)(C)C)c1. The number of benzene rings is 8. The molecule has 0 spiro atoms. The van der Waals surface area contributed by atoms with Crippen molar-refractivity contribution in [1.29, 1.82) is 0 Å². The van der Waals surface area contributed by atoms with E-state index < -0.39 is 0 Å². The fourth-order valence-corrected chi connectivity index (χ4v) is 12.6. The highest BCUT2D eigenvalue weighted by atomic mass is 32.1. The summed E-state index contributed by atoms with van der Waals surface area (Å²) in [5, 5.41) is 13.3. The van der Waals surface area contributed by atoms with Crippen LogP contribution >= 0.6 is 11.3 Å². The first-order valence-electron chi connectivity index (χ1n) is 24.2. The average molecular weight is 887 g/mol. The van der Waals surface area contributed by atoms with Crippen molar-refractivity contribution in [2.24, 2.45) is 0 Å². The maximum absolute atomic E-state index is 2.63. The van der Waals surface area contributed by atoms with Crippen molar-refractivity contribution in [2.45, 2.75) is 105 Å². The predicted molar refractivity (Wildman–Crippen MR) is 294 cm³/mol. The molecule has 0 bridgehead atoms. The molecule has 0 aliphatic rings. The molecule has 13 aromatic rings. The van der Waals surface area contributed by atoms with E-state index in [0.29, 0.717) is 0 Å². The summed E-state index contributed by atoms with van der Waals surface area (Å²) in [7, 11) is 0. The minimum absolute atomic E-state index is 0.0274. The van der Waals surface area contributed by atoms with E-state index in [1.54, 1.807) is 0 Å². The van der Waals surface area contributed by atoms with Gasteiger partial charge in [0.2, 0.25) is 0 Å². The number of hydrogen-bond donors (Lipinski definition) is 0. The molecule has 5 heterocycles. The Bertz CT molecular complexity index is 4170. The first-order chi connectivity index (χ1) is 31.7. The number of nitrogens with zero attached hydrogens (tertiary/aromatic N) is 2. The minimum atomic E-state index is 0.0274. The lowest BCUT2D eigenvalue weighted by atomic mass is 9.79. The molecule has 330 valence electrons. The maximum Gasteiger partial charge on any atom is 0.0627 e. The molecule has 0 fully saturated rings. The van der Waals surface area contributed by atoms with Crippen LogP contribution in [0.2, 0.25) is 0 Å². The summed E-state index contributed by atoms with van der Waals surface area (Å²) in [6, 6.07) is 52.6. The van der Waals surface area contributed by atoms with Gasteiger partial charge in [0.1, 0.15) is 0 Å². The molecule has 0 radical (unpaired) electrons. The number of rotatable bonds is 2. The van der Waals surface area contributed by atoms with Crippen molar-refractivity contribution in [3.8, 4) is 22.3 Å². The Morgan fingerprint density at radius 2 is 0.746 bits per heavy atom. The Labute approximate surface area is 397 Å². The topological polar surface area (TPSA) is 8.82 Å². The van der Waals surface area contributed by atoms with Gasteiger partial charge < -0.3 is 8.80 Å². The van der Waals surface area contributed by atoms with E-state index in [1.807, 2.05) is 11.3 Å². The molecule has 0 atom stereocenters. The van der Waals surface area contributed by atoms with Crippen LogP contribution in [-0.4, -0.2) is 8.80 Å². The van der Waals surface area contributed by atoms with E-state index in [0.717, 1.165) is 0 Å². The van der Waals surface area contributed by atoms with Gasteiger partial charge in [-0.05, 0) is 103 Å². The van der Waals surface area contributed by atoms with Crippen LogP contribution in [0.25, 0.3) is 119 Å². The molecule has 0 unspecified atom stereocenters. The summed E-state index contributed by atoms with van der Waals surface area (Å²) >= 11 is 1.93. The van der Waals surface area contributed by atoms with Crippen LogP contribution in [0.4, 0.5) is 0 Å². The number of fused-ring (bicyclic) bond motifs is 16. The molecule has 8 aromatic carbocycles. The highest BCUT2D eigenvalue weighted by Crippen LogP contribution is 2.50. The van der Waals surface area contributed by atoms with E-state index in [9.17, 15) is 0 Å². The van der Waals surface area contributed by atoms with Crippen LogP contribution in [-0.2, 0) is 21.7 Å². The Hall–Kier alpha value is -6.42. The Morgan fingerprint density at radius 3 is 1.30 bits per heavy atom. The van der Waals surface area contributed by atoms with E-state index in [-0.39, 0.29) is 21.7 Å². The Balaban J connectivity index is 1.13. The molecule has 5 aromatic heterocycles. The second kappa shape index (κ2) is 13.2. The number of para-hydroxylation sites is 1. The lowest BCUT2D eigenvalue weighted by molar-refractivity contribution is 0.568. The van der Waals surface area contributed by atoms with Crippen molar-refractivity contribution >= 4 is 108 Å². The van der Waals surface area contributed by atoms with Gasteiger partial charge in [-0.2, -0.15) is 0 Å². The van der Waals surface area contributed by atoms with Crippen molar-refractivity contribution < 1.29 is 0 Å². The molecule has 0 aliphatic carbocycles. The van der Waals surface area contributed by atoms with Crippen LogP contribution in [0.1, 0.15) is 105 Å². The van der Waals surface area contributed by atoms with E-state index in [2.05, 4.69) is 225 Å². The molecule has 0 saturated carbocycles. The van der Waals surface area contributed by atoms with Crippen molar-refractivity contribution in [1.82, 2.24) is 8.80 Å². The average Bonchev–Trinajstić information content (AvgIpc) is 4.07. The van der Waals surface area contributed by atoms with Crippen molar-refractivity contribution in [2.75, 3.05) is 0 Å². The summed E-state index contributed by atoms with van der Waals surface area (Å²) in [5.74, 6) is 0. The first-order valence-corrected chi connectivity index (χ1v) is 25.1. The van der Waals surface area contributed by atoms with Gasteiger partial charge >= 0.3 is 0 Å². The van der Waals surface area contributed by atoms with Crippen molar-refractivity contribution in [3.63, 3.8) is 0 Å². The molecule has 0 aliphatic heterocycles. The van der Waals surface area contributed by atoms with E-state index in [1.165, 1.54) is 141 Å². The van der Waals surface area contributed by atoms with E-state index >= 15 is 0 Å². The molecule has 2 nitrogen and oxygen atoms in total. The van der Waals surface area contributed by atoms with Gasteiger partial charge in [-0.1, -0.05) is 180 Å². The first kappa shape index (κ1) is 40.8. The predicted octanol–water partition coefficient (Wildman–Crippen LogP) is 18.9. The van der Waals surface area contributed by atoms with Crippen LogP contribution in [0.5, 0.6) is 0 Å². The van der Waals surface area contributed by atoms with Gasteiger partial charge in [0.05, 0.1) is 33.1 Å². The fraction of sp³-hybridized carbons (Fsp3) is 0.250. The highest BCUT2D eigenvalue weighted by molar-refractivity contribution is 7.26. The van der Waals surface area contributed by atoms with Gasteiger partial charge in [0.15, 0.2) is 0 Å². The summed E-state index contributed by atoms with van der Waals surface area (Å²) in [6.45, 7) is 28.0. The summed E-state index contributed by atoms with van der Waals surface area (Å²) in [6.07, 6.45) is 0. The van der Waals surface area contributed by atoms with Gasteiger partial charge in [0, 0.05) is 63.3 Å². The second-order valence-electron chi connectivity index (χ2n) is 23.9. The van der Waals surface area contributed by atoms with Gasteiger partial charge in [-0.3, -0.25) is 0 Å². The summed E-state index contributed by atoms with van der Waals surface area (Å²) in [5.41, 5.74) is 18.4. The van der Waals surface area contributed by atoms with Crippen LogP contribution in [0.3, 0.4) is 0 Å². The summed E-state index contributed by atoms with van der Waals surface area (Å²) in [4.78, 5) is 0. The van der Waals surface area contributed by atoms with E-state index in [4.69, 9.17) is 0 Å². The zero-order chi connectivity index (χ0) is 46.4. The molecule has 0 N–H and O–H groups in total. The molecule has 0 amide bonds. The number of thiophene rings is 1. The molecule has 13 rings (SSSR count). The largest absolute Gasteiger partial charge is 0.308 e. The molecule has 3 heteroatoms. The quantitative estimate of drug-likeness (QED) is 0.164. The Morgan fingerprint density at radius 1 is 0.299 bits per heavy atom. The normalized spacial score (nSPS) is 13.7. The lowest BCUT2D eigenvalue weighted by Crippen LogP contribution is -2.16. The third kappa shape index (κ3) is 5.80. The van der Waals surface area contributed by atoms with Gasteiger partial charge in [-0.15, -0.1) is 11.3 Å². The maximum atomic E-state index is 2.63. The highest BCUT2D eigenvalue weighted by Gasteiger charge is 2.27. The van der Waals surface area contributed by atoms with Gasteiger partial charge in [0.25, 0.3) is 0 Å².